The lowest BCUT2D eigenvalue weighted by Gasteiger charge is -2.07. The van der Waals surface area contributed by atoms with Gasteiger partial charge >= 0.3 is 0 Å². The molecule has 0 atom stereocenters. The first-order valence-corrected chi connectivity index (χ1v) is 8.95. The molecule has 140 valence electrons. The third kappa shape index (κ3) is 3.69. The number of hydrogen-bond donors (Lipinski definition) is 1. The van der Waals surface area contributed by atoms with E-state index in [2.05, 4.69) is 20.7 Å². The fourth-order valence-electron chi connectivity index (χ4n) is 3.09. The van der Waals surface area contributed by atoms with Crippen molar-refractivity contribution in [3.8, 4) is 5.75 Å². The minimum atomic E-state index is -0.313. The maximum atomic E-state index is 12.3. The van der Waals surface area contributed by atoms with Crippen LogP contribution in [-0.4, -0.2) is 25.8 Å². The zero-order valence-electron chi connectivity index (χ0n) is 15.4. The summed E-state index contributed by atoms with van der Waals surface area (Å²) in [6.07, 6.45) is 2.01. The van der Waals surface area contributed by atoms with Crippen LogP contribution in [-0.2, 0) is 26.1 Å². The highest BCUT2D eigenvalue weighted by atomic mass is 16.5. The number of ether oxygens (including phenoxy) is 1. The van der Waals surface area contributed by atoms with Crippen molar-refractivity contribution >= 4 is 5.91 Å². The summed E-state index contributed by atoms with van der Waals surface area (Å²) in [6, 6.07) is 7.60. The standard InChI is InChI=1S/C19H21N5O3/c1-12-5-6-13(2)16(8-12)26-11-14-9-15(23-27-14)19(25)20-10-18-22-21-17-4-3-7-24(17)18/h5-6,8-9H,3-4,7,10-11H2,1-2H3,(H,20,25). The Morgan fingerprint density at radius 3 is 3.07 bits per heavy atom. The zero-order valence-corrected chi connectivity index (χ0v) is 15.4. The van der Waals surface area contributed by atoms with Gasteiger partial charge in [-0.3, -0.25) is 4.79 Å². The fourth-order valence-corrected chi connectivity index (χ4v) is 3.09. The summed E-state index contributed by atoms with van der Waals surface area (Å²) in [6.45, 7) is 5.41. The molecule has 1 aliphatic heterocycles. The van der Waals surface area contributed by atoms with Gasteiger partial charge in [-0.05, 0) is 37.5 Å². The molecule has 3 heterocycles. The number of rotatable bonds is 6. The Balaban J connectivity index is 1.34. The lowest BCUT2D eigenvalue weighted by atomic mass is 10.1. The lowest BCUT2D eigenvalue weighted by Crippen LogP contribution is -2.25. The molecule has 0 radical (unpaired) electrons. The summed E-state index contributed by atoms with van der Waals surface area (Å²) >= 11 is 0. The van der Waals surface area contributed by atoms with Crippen LogP contribution in [0.2, 0.25) is 0 Å². The molecule has 27 heavy (non-hydrogen) atoms. The van der Waals surface area contributed by atoms with Crippen LogP contribution in [0.1, 0.15) is 45.4 Å². The predicted octanol–water partition coefficient (Wildman–Crippen LogP) is 2.34. The van der Waals surface area contributed by atoms with Gasteiger partial charge in [-0.15, -0.1) is 10.2 Å². The zero-order chi connectivity index (χ0) is 18.8. The molecule has 3 aromatic rings. The number of fused-ring (bicyclic) bond motifs is 1. The molecule has 1 aliphatic rings. The second-order valence-corrected chi connectivity index (χ2v) is 6.71. The molecule has 0 bridgehead atoms. The van der Waals surface area contributed by atoms with E-state index in [1.807, 2.05) is 36.6 Å². The van der Waals surface area contributed by atoms with Crippen LogP contribution >= 0.6 is 0 Å². The van der Waals surface area contributed by atoms with Gasteiger partial charge in [-0.25, -0.2) is 0 Å². The number of amides is 1. The Labute approximate surface area is 156 Å². The largest absolute Gasteiger partial charge is 0.485 e. The van der Waals surface area contributed by atoms with Gasteiger partial charge in [-0.1, -0.05) is 17.3 Å². The number of carbonyl (C=O) groups is 1. The number of hydrogen-bond acceptors (Lipinski definition) is 6. The van der Waals surface area contributed by atoms with Crippen molar-refractivity contribution in [3.05, 3.63) is 58.5 Å². The number of aryl methyl sites for hydroxylation is 3. The van der Waals surface area contributed by atoms with E-state index in [1.54, 1.807) is 6.07 Å². The quantitative estimate of drug-likeness (QED) is 0.718. The maximum Gasteiger partial charge on any atom is 0.273 e. The minimum Gasteiger partial charge on any atom is -0.485 e. The van der Waals surface area contributed by atoms with Crippen LogP contribution in [0.25, 0.3) is 0 Å². The highest BCUT2D eigenvalue weighted by molar-refractivity contribution is 5.92. The summed E-state index contributed by atoms with van der Waals surface area (Å²) in [5.74, 6) is 2.71. The van der Waals surface area contributed by atoms with E-state index in [1.165, 1.54) is 0 Å². The molecule has 8 heteroatoms. The van der Waals surface area contributed by atoms with E-state index >= 15 is 0 Å². The van der Waals surface area contributed by atoms with E-state index in [0.29, 0.717) is 12.3 Å². The van der Waals surface area contributed by atoms with Crippen LogP contribution in [0.4, 0.5) is 0 Å². The molecule has 0 fully saturated rings. The lowest BCUT2D eigenvalue weighted by molar-refractivity contribution is 0.0940. The smallest absolute Gasteiger partial charge is 0.273 e. The third-order valence-electron chi connectivity index (χ3n) is 4.60. The van der Waals surface area contributed by atoms with Crippen molar-refractivity contribution < 1.29 is 14.1 Å². The first kappa shape index (κ1) is 17.3. The molecule has 1 aromatic carbocycles. The van der Waals surface area contributed by atoms with E-state index in [0.717, 1.165) is 47.9 Å². The van der Waals surface area contributed by atoms with Gasteiger partial charge in [0.2, 0.25) is 0 Å². The van der Waals surface area contributed by atoms with Gasteiger partial charge in [0, 0.05) is 19.0 Å². The molecule has 0 aliphatic carbocycles. The van der Waals surface area contributed by atoms with Crippen LogP contribution in [0.3, 0.4) is 0 Å². The summed E-state index contributed by atoms with van der Waals surface area (Å²) in [4.78, 5) is 12.3. The summed E-state index contributed by atoms with van der Waals surface area (Å²) in [7, 11) is 0. The number of benzene rings is 1. The monoisotopic (exact) mass is 367 g/mol. The molecular weight excluding hydrogens is 346 g/mol. The molecule has 0 unspecified atom stereocenters. The Morgan fingerprint density at radius 1 is 1.30 bits per heavy atom. The third-order valence-corrected chi connectivity index (χ3v) is 4.60. The highest BCUT2D eigenvalue weighted by Crippen LogP contribution is 2.20. The van der Waals surface area contributed by atoms with E-state index < -0.39 is 0 Å². The van der Waals surface area contributed by atoms with Crippen molar-refractivity contribution in [2.75, 3.05) is 0 Å². The molecule has 2 aromatic heterocycles. The Morgan fingerprint density at radius 2 is 2.19 bits per heavy atom. The number of nitrogens with zero attached hydrogens (tertiary/aromatic N) is 4. The van der Waals surface area contributed by atoms with Crippen molar-refractivity contribution in [3.63, 3.8) is 0 Å². The van der Waals surface area contributed by atoms with E-state index in [9.17, 15) is 4.79 Å². The van der Waals surface area contributed by atoms with Crippen LogP contribution in [0.15, 0.2) is 28.8 Å². The van der Waals surface area contributed by atoms with Crippen LogP contribution in [0, 0.1) is 13.8 Å². The molecule has 0 saturated heterocycles. The van der Waals surface area contributed by atoms with Crippen molar-refractivity contribution in [1.82, 2.24) is 25.2 Å². The van der Waals surface area contributed by atoms with Gasteiger partial charge in [0.1, 0.15) is 18.2 Å². The van der Waals surface area contributed by atoms with Crippen molar-refractivity contribution in [2.24, 2.45) is 0 Å². The minimum absolute atomic E-state index is 0.211. The maximum absolute atomic E-state index is 12.3. The summed E-state index contributed by atoms with van der Waals surface area (Å²) in [5.41, 5.74) is 2.38. The average molecular weight is 367 g/mol. The molecule has 4 rings (SSSR count). The van der Waals surface area contributed by atoms with Crippen LogP contribution in [0.5, 0.6) is 5.75 Å². The summed E-state index contributed by atoms with van der Waals surface area (Å²) < 4.78 is 13.0. The molecule has 1 amide bonds. The van der Waals surface area contributed by atoms with E-state index in [4.69, 9.17) is 9.26 Å². The topological polar surface area (TPSA) is 95.1 Å². The number of aromatic nitrogens is 4. The van der Waals surface area contributed by atoms with Gasteiger partial charge in [0.25, 0.3) is 5.91 Å². The van der Waals surface area contributed by atoms with Gasteiger partial charge in [0.05, 0.1) is 6.54 Å². The van der Waals surface area contributed by atoms with Gasteiger partial charge < -0.3 is 19.1 Å². The number of carbonyl (C=O) groups excluding carboxylic acids is 1. The van der Waals surface area contributed by atoms with Crippen molar-refractivity contribution in [2.45, 2.75) is 46.4 Å². The van der Waals surface area contributed by atoms with Gasteiger partial charge in [0.15, 0.2) is 17.3 Å². The molecule has 1 N–H and O–H groups in total. The SMILES string of the molecule is Cc1ccc(C)c(OCc2cc(C(=O)NCc3nnc4n3CCC4)no2)c1. The van der Waals surface area contributed by atoms with E-state index in [-0.39, 0.29) is 18.2 Å². The first-order chi connectivity index (χ1) is 13.1. The number of nitrogens with one attached hydrogen (secondary N) is 1. The van der Waals surface area contributed by atoms with Crippen LogP contribution < -0.4 is 10.1 Å². The molecular formula is C19H21N5O3. The Bertz CT molecular complexity index is 976. The predicted molar refractivity (Wildman–Crippen MR) is 96.3 cm³/mol. The highest BCUT2D eigenvalue weighted by Gasteiger charge is 2.19. The second-order valence-electron chi connectivity index (χ2n) is 6.71. The fraction of sp³-hybridized carbons (Fsp3) is 0.368. The molecule has 0 saturated carbocycles. The average Bonchev–Trinajstić information content (AvgIpc) is 3.38. The second kappa shape index (κ2) is 7.22. The molecule has 0 spiro atoms. The first-order valence-electron chi connectivity index (χ1n) is 8.95. The Hall–Kier alpha value is -3.16. The van der Waals surface area contributed by atoms with Gasteiger partial charge in [-0.2, -0.15) is 0 Å². The van der Waals surface area contributed by atoms with Crippen molar-refractivity contribution in [1.29, 1.82) is 0 Å². The normalized spacial score (nSPS) is 12.8. The Kier molecular flexibility index (Phi) is 4.62. The summed E-state index contributed by atoms with van der Waals surface area (Å²) in [5, 5.41) is 14.9. The molecule has 8 nitrogen and oxygen atoms in total.